The summed E-state index contributed by atoms with van der Waals surface area (Å²) in [4.78, 5) is 21.3. The Morgan fingerprint density at radius 3 is 2.75 bits per heavy atom. The van der Waals surface area contributed by atoms with Crippen molar-refractivity contribution in [2.45, 2.75) is 6.42 Å². The molecule has 0 fully saturated rings. The highest BCUT2D eigenvalue weighted by Gasteiger charge is 2.03. The number of ether oxygens (including phenoxy) is 1. The van der Waals surface area contributed by atoms with Crippen molar-refractivity contribution < 1.29 is 19.4 Å². The fraction of sp³-hybridized carbons (Fsp3) is 0.333. The number of amides is 2. The average molecular weight is 366 g/mol. The lowest BCUT2D eigenvalue weighted by Crippen LogP contribution is -2.39. The summed E-state index contributed by atoms with van der Waals surface area (Å²) >= 11 is 9.27. The molecule has 20 heavy (non-hydrogen) atoms. The van der Waals surface area contributed by atoms with Gasteiger partial charge in [0.25, 0.3) is 0 Å². The molecule has 0 bridgehead atoms. The van der Waals surface area contributed by atoms with Gasteiger partial charge in [0, 0.05) is 11.0 Å². The van der Waals surface area contributed by atoms with Gasteiger partial charge in [-0.05, 0) is 24.6 Å². The molecule has 3 N–H and O–H groups in total. The molecule has 1 aromatic carbocycles. The van der Waals surface area contributed by atoms with Crippen LogP contribution in [0, 0.1) is 0 Å². The standard InChI is InChI=1S/C12H14BrClN2O4/c13-8-2-3-10(9(14)6-8)20-5-1-4-15-12(19)16-7-11(17)18/h2-3,6H,1,4-5,7H2,(H,17,18)(H2,15,16,19). The summed E-state index contributed by atoms with van der Waals surface area (Å²) in [6, 6.07) is 4.78. The van der Waals surface area contributed by atoms with Crippen LogP contribution in [0.1, 0.15) is 6.42 Å². The van der Waals surface area contributed by atoms with E-state index in [0.717, 1.165) is 4.47 Å². The molecular formula is C12H14BrClN2O4. The van der Waals surface area contributed by atoms with Crippen molar-refractivity contribution in [1.82, 2.24) is 10.6 Å². The zero-order valence-corrected chi connectivity index (χ0v) is 12.8. The highest BCUT2D eigenvalue weighted by molar-refractivity contribution is 9.10. The Morgan fingerprint density at radius 1 is 1.35 bits per heavy atom. The van der Waals surface area contributed by atoms with Crippen molar-refractivity contribution in [2.24, 2.45) is 0 Å². The second-order valence-corrected chi connectivity index (χ2v) is 5.10. The number of nitrogens with one attached hydrogen (secondary N) is 2. The maximum Gasteiger partial charge on any atom is 0.323 e. The van der Waals surface area contributed by atoms with Crippen LogP contribution >= 0.6 is 27.5 Å². The lowest BCUT2D eigenvalue weighted by molar-refractivity contribution is -0.135. The van der Waals surface area contributed by atoms with Gasteiger partial charge in [0.15, 0.2) is 0 Å². The monoisotopic (exact) mass is 364 g/mol. The van der Waals surface area contributed by atoms with Crippen LogP contribution in [0.4, 0.5) is 4.79 Å². The Balaban J connectivity index is 2.16. The molecule has 110 valence electrons. The van der Waals surface area contributed by atoms with E-state index in [-0.39, 0.29) is 0 Å². The Bertz CT molecular complexity index is 485. The van der Waals surface area contributed by atoms with Gasteiger partial charge in [-0.2, -0.15) is 0 Å². The normalized spacial score (nSPS) is 9.90. The van der Waals surface area contributed by atoms with E-state index >= 15 is 0 Å². The van der Waals surface area contributed by atoms with Crippen molar-refractivity contribution in [2.75, 3.05) is 19.7 Å². The molecule has 0 saturated carbocycles. The molecule has 0 saturated heterocycles. The summed E-state index contributed by atoms with van der Waals surface area (Å²) in [5.74, 6) is -0.515. The molecule has 0 aliphatic rings. The van der Waals surface area contributed by atoms with Crippen LogP contribution in [0.3, 0.4) is 0 Å². The summed E-state index contributed by atoms with van der Waals surface area (Å²) in [6.45, 7) is 0.358. The fourth-order valence-corrected chi connectivity index (χ4v) is 1.99. The quantitative estimate of drug-likeness (QED) is 0.647. The smallest absolute Gasteiger partial charge is 0.323 e. The number of carboxylic acids is 1. The van der Waals surface area contributed by atoms with Gasteiger partial charge >= 0.3 is 12.0 Å². The van der Waals surface area contributed by atoms with Crippen LogP contribution in [0.5, 0.6) is 5.75 Å². The number of hydrogen-bond acceptors (Lipinski definition) is 3. The molecule has 1 aromatic rings. The Hall–Kier alpha value is -1.47. The first-order valence-corrected chi connectivity index (χ1v) is 6.97. The number of aliphatic carboxylic acids is 1. The van der Waals surface area contributed by atoms with Crippen LogP contribution in [0.15, 0.2) is 22.7 Å². The van der Waals surface area contributed by atoms with E-state index in [4.69, 9.17) is 21.4 Å². The van der Waals surface area contributed by atoms with E-state index < -0.39 is 18.5 Å². The van der Waals surface area contributed by atoms with Gasteiger partial charge < -0.3 is 20.5 Å². The SMILES string of the molecule is O=C(O)CNC(=O)NCCCOc1ccc(Br)cc1Cl. The number of urea groups is 1. The molecule has 0 aromatic heterocycles. The van der Waals surface area contributed by atoms with E-state index in [1.807, 2.05) is 6.07 Å². The minimum absolute atomic E-state index is 0.375. The number of benzene rings is 1. The molecule has 0 spiro atoms. The highest BCUT2D eigenvalue weighted by Crippen LogP contribution is 2.27. The third-order valence-corrected chi connectivity index (χ3v) is 2.95. The fourth-order valence-electron chi connectivity index (χ4n) is 1.27. The third kappa shape index (κ3) is 6.63. The Labute approximate surface area is 129 Å². The van der Waals surface area contributed by atoms with Crippen molar-refractivity contribution >= 4 is 39.5 Å². The molecule has 0 aliphatic heterocycles. The molecule has 0 atom stereocenters. The zero-order valence-electron chi connectivity index (χ0n) is 10.5. The van der Waals surface area contributed by atoms with Gasteiger partial charge in [-0.1, -0.05) is 27.5 Å². The van der Waals surface area contributed by atoms with Crippen molar-refractivity contribution in [3.63, 3.8) is 0 Å². The average Bonchev–Trinajstić information content (AvgIpc) is 2.38. The van der Waals surface area contributed by atoms with Gasteiger partial charge in [0.1, 0.15) is 12.3 Å². The number of carbonyl (C=O) groups excluding carboxylic acids is 1. The molecule has 0 unspecified atom stereocenters. The first-order chi connectivity index (χ1) is 9.49. The van der Waals surface area contributed by atoms with Crippen LogP contribution < -0.4 is 15.4 Å². The lowest BCUT2D eigenvalue weighted by Gasteiger charge is -2.09. The first kappa shape index (κ1) is 16.6. The molecule has 0 radical (unpaired) electrons. The molecule has 8 heteroatoms. The van der Waals surface area contributed by atoms with E-state index in [2.05, 4.69) is 26.6 Å². The largest absolute Gasteiger partial charge is 0.492 e. The van der Waals surface area contributed by atoms with E-state index in [9.17, 15) is 9.59 Å². The van der Waals surface area contributed by atoms with Gasteiger partial charge in [-0.3, -0.25) is 4.79 Å². The van der Waals surface area contributed by atoms with Crippen LogP contribution in [-0.4, -0.2) is 36.8 Å². The summed E-state index contributed by atoms with van der Waals surface area (Å²) in [5, 5.41) is 13.6. The van der Waals surface area contributed by atoms with E-state index in [1.54, 1.807) is 12.1 Å². The number of rotatable bonds is 7. The van der Waals surface area contributed by atoms with Crippen molar-refractivity contribution in [3.05, 3.63) is 27.7 Å². The molecule has 0 heterocycles. The summed E-state index contributed by atoms with van der Waals surface area (Å²) in [7, 11) is 0. The molecule has 1 rings (SSSR count). The first-order valence-electron chi connectivity index (χ1n) is 5.80. The van der Waals surface area contributed by atoms with Crippen molar-refractivity contribution in [1.29, 1.82) is 0 Å². The minimum Gasteiger partial charge on any atom is -0.492 e. The Morgan fingerprint density at radius 2 is 2.10 bits per heavy atom. The molecule has 0 aliphatic carbocycles. The van der Waals surface area contributed by atoms with Crippen LogP contribution in [0.25, 0.3) is 0 Å². The molecular weight excluding hydrogens is 351 g/mol. The summed E-state index contributed by atoms with van der Waals surface area (Å²) < 4.78 is 6.32. The van der Waals surface area contributed by atoms with E-state index in [1.165, 1.54) is 0 Å². The molecule has 2 amide bonds. The maximum atomic E-state index is 11.1. The predicted molar refractivity (Wildman–Crippen MR) is 78.3 cm³/mol. The second-order valence-electron chi connectivity index (χ2n) is 3.78. The minimum atomic E-state index is -1.09. The van der Waals surface area contributed by atoms with Gasteiger partial charge in [-0.25, -0.2) is 4.79 Å². The number of carbonyl (C=O) groups is 2. The highest BCUT2D eigenvalue weighted by atomic mass is 79.9. The predicted octanol–water partition coefficient (Wildman–Crippen LogP) is 2.26. The van der Waals surface area contributed by atoms with Gasteiger partial charge in [-0.15, -0.1) is 0 Å². The van der Waals surface area contributed by atoms with Crippen LogP contribution in [0.2, 0.25) is 5.02 Å². The van der Waals surface area contributed by atoms with Crippen molar-refractivity contribution in [3.8, 4) is 5.75 Å². The summed E-state index contributed by atoms with van der Waals surface area (Å²) in [5.41, 5.74) is 0. The second kappa shape index (κ2) is 8.65. The zero-order chi connectivity index (χ0) is 15.0. The van der Waals surface area contributed by atoms with Gasteiger partial charge in [0.05, 0.1) is 11.6 Å². The maximum absolute atomic E-state index is 11.1. The number of carboxylic acid groups (broad SMARTS) is 1. The van der Waals surface area contributed by atoms with Gasteiger partial charge in [0.2, 0.25) is 0 Å². The Kier molecular flexibility index (Phi) is 7.17. The third-order valence-electron chi connectivity index (χ3n) is 2.16. The van der Waals surface area contributed by atoms with E-state index in [0.29, 0.717) is 30.3 Å². The number of halogens is 2. The number of hydrogen-bond donors (Lipinski definition) is 3. The lowest BCUT2D eigenvalue weighted by atomic mass is 10.3. The topological polar surface area (TPSA) is 87.7 Å². The molecule has 6 nitrogen and oxygen atoms in total. The van der Waals surface area contributed by atoms with Crippen LogP contribution in [-0.2, 0) is 4.79 Å². The summed E-state index contributed by atoms with van der Waals surface area (Å²) in [6.07, 6.45) is 0.576.